The van der Waals surface area contributed by atoms with Crippen LogP contribution in [0, 0.1) is 0 Å². The smallest absolute Gasteiger partial charge is 0.225 e. The number of aromatic nitrogens is 2. The zero-order chi connectivity index (χ0) is 15.7. The number of halogens is 1. The fraction of sp³-hybridized carbons (Fsp3) is 0.500. The summed E-state index contributed by atoms with van der Waals surface area (Å²) >= 11 is 6.13. The molecule has 3 rings (SSSR count). The fourth-order valence-corrected chi connectivity index (χ4v) is 3.12. The maximum atomic E-state index is 9.57. The largest absolute Gasteiger partial charge is 0.489 e. The molecule has 0 spiro atoms. The summed E-state index contributed by atoms with van der Waals surface area (Å²) in [6.07, 6.45) is 2.05. The van der Waals surface area contributed by atoms with Crippen LogP contribution in [0.3, 0.4) is 0 Å². The maximum Gasteiger partial charge on any atom is 0.225 e. The van der Waals surface area contributed by atoms with Gasteiger partial charge in [0.1, 0.15) is 17.1 Å². The number of hydrogen-bond acceptors (Lipinski definition) is 5. The highest BCUT2D eigenvalue weighted by Gasteiger charge is 2.27. The summed E-state index contributed by atoms with van der Waals surface area (Å²) in [6, 6.07) is 5.89. The van der Waals surface area contributed by atoms with E-state index in [4.69, 9.17) is 16.3 Å². The quantitative estimate of drug-likeness (QED) is 0.877. The van der Waals surface area contributed by atoms with Gasteiger partial charge in [0.15, 0.2) is 0 Å². The van der Waals surface area contributed by atoms with E-state index in [1.54, 1.807) is 0 Å². The first-order chi connectivity index (χ1) is 10.6. The number of aliphatic hydroxyl groups excluding tert-OH is 1. The van der Waals surface area contributed by atoms with Crippen molar-refractivity contribution in [1.29, 1.82) is 0 Å². The summed E-state index contributed by atoms with van der Waals surface area (Å²) in [6.45, 7) is 4.93. The van der Waals surface area contributed by atoms with E-state index in [1.165, 1.54) is 0 Å². The van der Waals surface area contributed by atoms with Crippen LogP contribution >= 0.6 is 11.6 Å². The average Bonchev–Trinajstić information content (AvgIpc) is 2.95. The lowest BCUT2D eigenvalue weighted by atomic mass is 10.2. The summed E-state index contributed by atoms with van der Waals surface area (Å²) in [5.74, 6) is 1.48. The van der Waals surface area contributed by atoms with E-state index in [2.05, 4.69) is 14.9 Å². The minimum atomic E-state index is 0.0553. The van der Waals surface area contributed by atoms with Crippen LogP contribution in [0.25, 0.3) is 10.9 Å². The number of aliphatic hydroxyl groups is 1. The Labute approximate surface area is 134 Å². The van der Waals surface area contributed by atoms with E-state index < -0.39 is 0 Å². The van der Waals surface area contributed by atoms with Gasteiger partial charge < -0.3 is 14.7 Å². The van der Waals surface area contributed by atoms with Gasteiger partial charge in [0.05, 0.1) is 18.8 Å². The lowest BCUT2D eigenvalue weighted by Crippen LogP contribution is -2.33. The minimum absolute atomic E-state index is 0.0553. The highest BCUT2D eigenvalue weighted by atomic mass is 35.5. The van der Waals surface area contributed by atoms with Gasteiger partial charge >= 0.3 is 0 Å². The number of ether oxygens (including phenoxy) is 1. The van der Waals surface area contributed by atoms with Crippen molar-refractivity contribution in [1.82, 2.24) is 9.97 Å². The number of hydrogen-bond donors (Lipinski definition) is 1. The van der Waals surface area contributed by atoms with Crippen molar-refractivity contribution in [3.8, 4) is 5.75 Å². The maximum absolute atomic E-state index is 9.57. The normalized spacial score (nSPS) is 18.4. The van der Waals surface area contributed by atoms with Crippen molar-refractivity contribution in [2.75, 3.05) is 18.1 Å². The molecule has 0 aliphatic carbocycles. The summed E-state index contributed by atoms with van der Waals surface area (Å²) in [5, 5.41) is 10.7. The van der Waals surface area contributed by atoms with Gasteiger partial charge in [-0.15, -0.1) is 0 Å². The molecule has 5 nitrogen and oxygen atoms in total. The number of benzene rings is 1. The number of fused-ring (bicyclic) bond motifs is 1. The predicted molar refractivity (Wildman–Crippen MR) is 87.8 cm³/mol. The van der Waals surface area contributed by atoms with Gasteiger partial charge in [-0.3, -0.25) is 0 Å². The van der Waals surface area contributed by atoms with Gasteiger partial charge in [-0.1, -0.05) is 6.07 Å². The van der Waals surface area contributed by atoms with Crippen LogP contribution in [0.5, 0.6) is 5.75 Å². The number of nitrogens with zero attached hydrogens (tertiary/aromatic N) is 3. The molecule has 1 N–H and O–H groups in total. The summed E-state index contributed by atoms with van der Waals surface area (Å²) in [7, 11) is 0. The van der Waals surface area contributed by atoms with E-state index >= 15 is 0 Å². The molecule has 2 heterocycles. The number of anilines is 1. The topological polar surface area (TPSA) is 58.5 Å². The Morgan fingerprint density at radius 2 is 2.23 bits per heavy atom. The Morgan fingerprint density at radius 1 is 1.41 bits per heavy atom. The molecule has 118 valence electrons. The molecule has 2 aromatic rings. The first kappa shape index (κ1) is 15.3. The molecule has 6 heteroatoms. The molecule has 0 radical (unpaired) electrons. The van der Waals surface area contributed by atoms with Gasteiger partial charge in [0.25, 0.3) is 0 Å². The SMILES string of the molecule is CC(C)Oc1cccc2c(N3CCC[C@H]3CO)nc(Cl)nc12. The van der Waals surface area contributed by atoms with E-state index in [0.717, 1.165) is 36.1 Å². The fourth-order valence-electron chi connectivity index (χ4n) is 2.96. The van der Waals surface area contributed by atoms with Gasteiger partial charge in [-0.05, 0) is 50.4 Å². The molecule has 0 saturated carbocycles. The van der Waals surface area contributed by atoms with Crippen LogP contribution in [-0.2, 0) is 0 Å². The summed E-state index contributed by atoms with van der Waals surface area (Å²) in [4.78, 5) is 10.9. The van der Waals surface area contributed by atoms with Gasteiger partial charge in [-0.2, -0.15) is 4.98 Å². The third-order valence-electron chi connectivity index (χ3n) is 3.86. The van der Waals surface area contributed by atoms with E-state index in [0.29, 0.717) is 5.75 Å². The lowest BCUT2D eigenvalue weighted by Gasteiger charge is -2.25. The van der Waals surface area contributed by atoms with E-state index in [9.17, 15) is 5.11 Å². The first-order valence-corrected chi connectivity index (χ1v) is 7.98. The van der Waals surface area contributed by atoms with Crippen LogP contribution in [0.15, 0.2) is 18.2 Å². The van der Waals surface area contributed by atoms with Gasteiger partial charge in [-0.25, -0.2) is 4.98 Å². The molecule has 1 aliphatic rings. The second kappa shape index (κ2) is 6.26. The van der Waals surface area contributed by atoms with Crippen molar-refractivity contribution >= 4 is 28.3 Å². The van der Waals surface area contributed by atoms with Crippen LogP contribution in [0.1, 0.15) is 26.7 Å². The highest BCUT2D eigenvalue weighted by molar-refractivity contribution is 6.29. The second-order valence-corrected chi connectivity index (χ2v) is 6.15. The molecule has 0 amide bonds. The van der Waals surface area contributed by atoms with Crippen molar-refractivity contribution in [3.05, 3.63) is 23.5 Å². The molecular formula is C16H20ClN3O2. The molecular weight excluding hydrogens is 302 g/mol. The van der Waals surface area contributed by atoms with Crippen molar-refractivity contribution in [3.63, 3.8) is 0 Å². The van der Waals surface area contributed by atoms with Crippen molar-refractivity contribution in [2.24, 2.45) is 0 Å². The molecule has 1 aromatic carbocycles. The Morgan fingerprint density at radius 3 is 2.95 bits per heavy atom. The van der Waals surface area contributed by atoms with Gasteiger partial charge in [0, 0.05) is 11.9 Å². The van der Waals surface area contributed by atoms with Gasteiger partial charge in [0.2, 0.25) is 5.28 Å². The van der Waals surface area contributed by atoms with Crippen LogP contribution in [0.4, 0.5) is 5.82 Å². The summed E-state index contributed by atoms with van der Waals surface area (Å²) < 4.78 is 5.84. The summed E-state index contributed by atoms with van der Waals surface area (Å²) in [5.41, 5.74) is 0.717. The minimum Gasteiger partial charge on any atom is -0.489 e. The number of para-hydroxylation sites is 1. The molecule has 1 aliphatic heterocycles. The Kier molecular flexibility index (Phi) is 4.36. The average molecular weight is 322 g/mol. The first-order valence-electron chi connectivity index (χ1n) is 7.60. The Hall–Kier alpha value is -1.59. The van der Waals surface area contributed by atoms with Crippen LogP contribution in [-0.4, -0.2) is 40.4 Å². The molecule has 0 unspecified atom stereocenters. The van der Waals surface area contributed by atoms with Crippen LogP contribution in [0.2, 0.25) is 5.28 Å². The standard InChI is InChI=1S/C16H20ClN3O2/c1-10(2)22-13-7-3-6-12-14(13)18-16(17)19-15(12)20-8-4-5-11(20)9-21/h3,6-7,10-11,21H,4-5,8-9H2,1-2H3/t11-/m0/s1. The van der Waals surface area contributed by atoms with Crippen molar-refractivity contribution in [2.45, 2.75) is 38.8 Å². The van der Waals surface area contributed by atoms with Crippen molar-refractivity contribution < 1.29 is 9.84 Å². The Balaban J connectivity index is 2.14. The zero-order valence-corrected chi connectivity index (χ0v) is 13.5. The molecule has 1 aromatic heterocycles. The highest BCUT2D eigenvalue weighted by Crippen LogP contribution is 2.34. The molecule has 1 fully saturated rings. The van der Waals surface area contributed by atoms with E-state index in [1.807, 2.05) is 32.0 Å². The molecule has 22 heavy (non-hydrogen) atoms. The molecule has 1 saturated heterocycles. The number of rotatable bonds is 4. The predicted octanol–water partition coefficient (Wildman–Crippen LogP) is 3.03. The second-order valence-electron chi connectivity index (χ2n) is 5.81. The Bertz CT molecular complexity index is 678. The third kappa shape index (κ3) is 2.83. The third-order valence-corrected chi connectivity index (χ3v) is 4.03. The molecule has 1 atom stereocenters. The zero-order valence-electron chi connectivity index (χ0n) is 12.8. The van der Waals surface area contributed by atoms with E-state index in [-0.39, 0.29) is 24.0 Å². The molecule has 0 bridgehead atoms. The van der Waals surface area contributed by atoms with Crippen LogP contribution < -0.4 is 9.64 Å². The lowest BCUT2D eigenvalue weighted by molar-refractivity contribution is 0.245. The monoisotopic (exact) mass is 321 g/mol.